The van der Waals surface area contributed by atoms with Crippen molar-refractivity contribution in [2.24, 2.45) is 5.92 Å². The van der Waals surface area contributed by atoms with Crippen LogP contribution in [0.2, 0.25) is 0 Å². The molecule has 3 aromatic carbocycles. The SMILES string of the molecule is Cc1ccc(C(=O)Nc2ccc(CN3CCN(C(=O)CCOCCOCCOCCOCCOCCOCCOCCOCCOCCOCCOCCOCCOCCOCCOCCOCCNC(=O)C4CCN(c5ncc(C(=O)Nc6ccc(OC(F)(F)Cl)cc6)cc5-c5ccn[nH]5)CC4)CC3)c(C(F)(F)F)c2)cc1C#Cc1cnc2cccnn12. The zero-order valence-electron chi connectivity index (χ0n) is 69.8. The molecule has 0 saturated carbocycles. The number of imidazole rings is 1. The van der Waals surface area contributed by atoms with Gasteiger partial charge in [-0.25, -0.2) is 14.5 Å². The molecule has 39 heteroatoms. The molecular weight excluding hydrogens is 1660 g/mol. The normalized spacial score (nSPS) is 13.5. The van der Waals surface area contributed by atoms with E-state index in [2.05, 4.69) is 62.7 Å². The summed E-state index contributed by atoms with van der Waals surface area (Å²) in [7, 11) is 0. The third-order valence-corrected chi connectivity index (χ3v) is 19.0. The highest BCUT2D eigenvalue weighted by atomic mass is 35.5. The van der Waals surface area contributed by atoms with Gasteiger partial charge in [0.05, 0.1) is 241 Å². The summed E-state index contributed by atoms with van der Waals surface area (Å²) in [4.78, 5) is 67.0. The third-order valence-electron chi connectivity index (χ3n) is 18.9. The van der Waals surface area contributed by atoms with E-state index in [0.717, 1.165) is 11.6 Å². The predicted molar refractivity (Wildman–Crippen MR) is 445 cm³/mol. The molecule has 0 unspecified atom stereocenters. The minimum atomic E-state index is -4.68. The van der Waals surface area contributed by atoms with E-state index in [0.29, 0.717) is 303 Å². The third kappa shape index (κ3) is 38.0. The summed E-state index contributed by atoms with van der Waals surface area (Å²) in [6.45, 7) is 17.9. The Morgan fingerprint density at radius 1 is 0.508 bits per heavy atom. The van der Waals surface area contributed by atoms with Gasteiger partial charge in [0.25, 0.3) is 11.8 Å². The molecule has 124 heavy (non-hydrogen) atoms. The summed E-state index contributed by atoms with van der Waals surface area (Å²) < 4.78 is 164. The van der Waals surface area contributed by atoms with Crippen LogP contribution in [0.5, 0.6) is 5.75 Å². The summed E-state index contributed by atoms with van der Waals surface area (Å²) >= 11 is 4.84. The molecule has 7 aromatic rings. The number of pyridine rings is 1. The van der Waals surface area contributed by atoms with Crippen LogP contribution in [0.15, 0.2) is 110 Å². The second-order valence-corrected chi connectivity index (χ2v) is 28.3. The van der Waals surface area contributed by atoms with Crippen molar-refractivity contribution in [1.29, 1.82) is 0 Å². The number of alkyl halides is 6. The number of carbonyl (C=O) groups is 4. The van der Waals surface area contributed by atoms with Crippen LogP contribution in [0.25, 0.3) is 16.9 Å². The van der Waals surface area contributed by atoms with Gasteiger partial charge < -0.3 is 106 Å². The monoisotopic (exact) mass is 1770 g/mol. The van der Waals surface area contributed by atoms with Gasteiger partial charge in [-0.2, -0.15) is 23.4 Å². The molecule has 9 rings (SSSR count). The quantitative estimate of drug-likeness (QED) is 0.0121. The first-order valence-electron chi connectivity index (χ1n) is 41.3. The van der Waals surface area contributed by atoms with Gasteiger partial charge in [0.15, 0.2) is 5.65 Å². The topological polar surface area (TPSA) is 343 Å². The number of piperidine rings is 1. The number of aryl methyl sites for hydroxylation is 1. The van der Waals surface area contributed by atoms with Gasteiger partial charge in [-0.05, 0) is 110 Å². The fourth-order valence-electron chi connectivity index (χ4n) is 12.4. The number of aromatic amines is 1. The molecule has 6 heterocycles. The van der Waals surface area contributed by atoms with Crippen LogP contribution < -0.4 is 25.6 Å². The van der Waals surface area contributed by atoms with Crippen molar-refractivity contribution in [3.8, 4) is 28.8 Å². The van der Waals surface area contributed by atoms with Crippen molar-refractivity contribution in [3.63, 3.8) is 0 Å². The maximum atomic E-state index is 14.5. The summed E-state index contributed by atoms with van der Waals surface area (Å²) in [6.07, 6.45) is 2.97. The Morgan fingerprint density at radius 2 is 0.992 bits per heavy atom. The zero-order chi connectivity index (χ0) is 87.5. The zero-order valence-corrected chi connectivity index (χ0v) is 70.5. The Labute approximate surface area is 722 Å². The highest BCUT2D eigenvalue weighted by Gasteiger charge is 2.35. The van der Waals surface area contributed by atoms with E-state index in [1.807, 2.05) is 11.8 Å². The van der Waals surface area contributed by atoms with Crippen molar-refractivity contribution in [1.82, 2.24) is 44.9 Å². The molecule has 4 amide bonds. The standard InChI is InChI=1S/C85H112ClF5N12O21/c1-65-4-5-68(59-67(65)7-11-73-63-93-78-3-2-18-96-103(73)78)82(106)98-72-8-6-69(76(61-72)84(87,88)89)64-100-23-25-101(26-24-100)79(104)17-27-108-29-31-110-33-35-112-37-39-114-41-43-116-45-47-118-49-51-120-53-55-122-57-58-123-56-54-121-52-50-119-48-46-117-44-42-115-40-38-113-36-34-111-32-30-109-28-20-92-81(105)66-15-21-102(22-16-66)80-75(77-14-19-95-99-77)60-70(62-94-80)83(107)97-71-9-12-74(13-10-71)124-85(86,90)91/h2-6,8-10,12-14,18-19,59-63,66H,15-17,20-58,64H2,1H3,(H,92,105)(H,95,99)(H,97,107)(H,98,106). The highest BCUT2D eigenvalue weighted by Crippen LogP contribution is 2.36. The van der Waals surface area contributed by atoms with Gasteiger partial charge in [0.1, 0.15) is 17.3 Å². The molecule has 0 bridgehead atoms. The lowest BCUT2D eigenvalue weighted by molar-refractivity contribution is -0.138. The summed E-state index contributed by atoms with van der Waals surface area (Å²) in [6, 6.07) is 21.1. The van der Waals surface area contributed by atoms with Crippen molar-refractivity contribution in [2.45, 2.75) is 44.5 Å². The van der Waals surface area contributed by atoms with E-state index in [9.17, 15) is 41.1 Å². The predicted octanol–water partition coefficient (Wildman–Crippen LogP) is 8.25. The van der Waals surface area contributed by atoms with Crippen LogP contribution in [-0.4, -0.2) is 326 Å². The van der Waals surface area contributed by atoms with Crippen LogP contribution in [0, 0.1) is 24.7 Å². The van der Waals surface area contributed by atoms with E-state index in [4.69, 9.17) is 87.4 Å². The Morgan fingerprint density at radius 3 is 1.48 bits per heavy atom. The van der Waals surface area contributed by atoms with Gasteiger partial charge in [0.2, 0.25) is 11.8 Å². The average Bonchev–Trinajstić information content (AvgIpc) is 1.23. The molecule has 0 spiro atoms. The lowest BCUT2D eigenvalue weighted by Crippen LogP contribution is -2.48. The Bertz CT molecular complexity index is 4290. The number of ether oxygens (including phenoxy) is 17. The van der Waals surface area contributed by atoms with E-state index >= 15 is 0 Å². The maximum absolute atomic E-state index is 14.5. The first-order chi connectivity index (χ1) is 60.4. The minimum Gasteiger partial charge on any atom is -0.420 e. The van der Waals surface area contributed by atoms with Crippen molar-refractivity contribution in [2.75, 3.05) is 273 Å². The van der Waals surface area contributed by atoms with Crippen molar-refractivity contribution in [3.05, 3.63) is 149 Å². The molecule has 2 fully saturated rings. The molecule has 0 atom stereocenters. The lowest BCUT2D eigenvalue weighted by Gasteiger charge is -2.35. The molecule has 33 nitrogen and oxygen atoms in total. The molecule has 680 valence electrons. The number of fused-ring (bicyclic) bond motifs is 1. The van der Waals surface area contributed by atoms with Crippen LogP contribution in [0.3, 0.4) is 0 Å². The largest absolute Gasteiger partial charge is 0.487 e. The van der Waals surface area contributed by atoms with Gasteiger partial charge in [-0.1, -0.05) is 18.1 Å². The van der Waals surface area contributed by atoms with Gasteiger partial charge in [-0.3, -0.25) is 29.2 Å². The Hall–Kier alpha value is -9.06. The number of H-pyrrole nitrogens is 1. The molecule has 2 aliphatic rings. The molecule has 2 aliphatic heterocycles. The van der Waals surface area contributed by atoms with E-state index < -0.39 is 29.1 Å². The number of rotatable bonds is 62. The summed E-state index contributed by atoms with van der Waals surface area (Å²) in [5.74, 6) is 5.19. The summed E-state index contributed by atoms with van der Waals surface area (Å²) in [5, 5.41) is 19.6. The first kappa shape index (κ1) is 98.7. The van der Waals surface area contributed by atoms with Crippen LogP contribution in [0.1, 0.15) is 67.9 Å². The number of nitrogens with zero attached hydrogens (tertiary/aromatic N) is 8. The molecular formula is C85H112ClF5N12O21. The van der Waals surface area contributed by atoms with Gasteiger partial charge >= 0.3 is 11.7 Å². The van der Waals surface area contributed by atoms with Crippen LogP contribution in [-0.2, 0) is 98.1 Å². The molecule has 4 aromatic heterocycles. The number of hydrogen-bond donors (Lipinski definition) is 4. The fourth-order valence-corrected chi connectivity index (χ4v) is 12.5. The van der Waals surface area contributed by atoms with Gasteiger partial charge in [0, 0.05) is 117 Å². The number of hydrogen-bond acceptors (Lipinski definition) is 27. The highest BCUT2D eigenvalue weighted by molar-refractivity contribution is 6.20. The van der Waals surface area contributed by atoms with E-state index in [1.165, 1.54) is 42.6 Å². The molecule has 0 radical (unpaired) electrons. The number of nitrogens with one attached hydrogen (secondary N) is 4. The summed E-state index contributed by atoms with van der Waals surface area (Å²) in [5.41, 5.74) is 0.0719. The number of aromatic nitrogens is 6. The number of halogens is 6. The van der Waals surface area contributed by atoms with Crippen molar-refractivity contribution < 1.29 is 122 Å². The van der Waals surface area contributed by atoms with Crippen molar-refractivity contribution >= 4 is 58.1 Å². The second-order valence-electron chi connectivity index (χ2n) is 27.9. The second kappa shape index (κ2) is 56.8. The minimum absolute atomic E-state index is 0.00226. The number of carbonyl (C=O) groups excluding carboxylic acids is 4. The van der Waals surface area contributed by atoms with Crippen LogP contribution >= 0.6 is 11.6 Å². The Balaban J connectivity index is 0.440. The number of anilines is 3. The fraction of sp³-hybridized carbons (Fsp3) is 0.553. The first-order valence-corrected chi connectivity index (χ1v) is 41.7. The molecule has 0 aliphatic carbocycles. The number of benzene rings is 3. The number of piperazine rings is 1. The lowest BCUT2D eigenvalue weighted by atomic mass is 9.95. The molecule has 4 N–H and O–H groups in total. The van der Waals surface area contributed by atoms with Crippen LogP contribution in [0.4, 0.5) is 39.1 Å². The maximum Gasteiger partial charge on any atom is 0.487 e. The average molecular weight is 1770 g/mol. The van der Waals surface area contributed by atoms with E-state index in [-0.39, 0.29) is 65.4 Å². The smallest absolute Gasteiger partial charge is 0.420 e. The van der Waals surface area contributed by atoms with E-state index in [1.54, 1.807) is 70.5 Å². The molecule has 2 saturated heterocycles. The Kier molecular flexibility index (Phi) is 45.2. The van der Waals surface area contributed by atoms with Gasteiger partial charge in [-0.15, -0.1) is 8.78 Å². The number of amides is 4.